The van der Waals surface area contributed by atoms with Crippen LogP contribution in [0.15, 0.2) is 18.2 Å². The van der Waals surface area contributed by atoms with Crippen LogP contribution in [-0.4, -0.2) is 25.7 Å². The van der Waals surface area contributed by atoms with Crippen molar-refractivity contribution in [3.8, 4) is 0 Å². The molecule has 0 heterocycles. The van der Waals surface area contributed by atoms with Crippen molar-refractivity contribution in [3.05, 3.63) is 28.8 Å². The lowest BCUT2D eigenvalue weighted by atomic mass is 10.2. The Labute approximate surface area is 97.1 Å². The summed E-state index contributed by atoms with van der Waals surface area (Å²) in [5.74, 6) is -1.41. The van der Waals surface area contributed by atoms with Crippen molar-refractivity contribution in [1.82, 2.24) is 0 Å². The molecule has 0 aliphatic rings. The van der Waals surface area contributed by atoms with Gasteiger partial charge in [0.2, 0.25) is 0 Å². The van der Waals surface area contributed by atoms with Gasteiger partial charge in [-0.3, -0.25) is 0 Å². The number of benzene rings is 1. The fourth-order valence-electron chi connectivity index (χ4n) is 1.01. The van der Waals surface area contributed by atoms with Crippen molar-refractivity contribution >= 4 is 29.2 Å². The Kier molecular flexibility index (Phi) is 4.13. The summed E-state index contributed by atoms with van der Waals surface area (Å²) in [6, 6.07) is 4.63. The highest BCUT2D eigenvalue weighted by Gasteiger charge is 2.16. The summed E-state index contributed by atoms with van der Waals surface area (Å²) in [6.45, 7) is -0.472. The number of nitrogens with two attached hydrogens (primary N) is 1. The molecule has 0 bridgehead atoms. The van der Waals surface area contributed by atoms with Gasteiger partial charge in [-0.25, -0.2) is 9.59 Å². The highest BCUT2D eigenvalue weighted by atomic mass is 35.5. The molecule has 5 nitrogen and oxygen atoms in total. The molecule has 2 N–H and O–H groups in total. The minimum absolute atomic E-state index is 0.0491. The number of hydrogen-bond donors (Lipinski definition) is 1. The summed E-state index contributed by atoms with van der Waals surface area (Å²) < 4.78 is 8.98. The van der Waals surface area contributed by atoms with E-state index >= 15 is 0 Å². The van der Waals surface area contributed by atoms with Crippen LogP contribution in [0.2, 0.25) is 5.02 Å². The van der Waals surface area contributed by atoms with Crippen molar-refractivity contribution in [2.45, 2.75) is 0 Å². The van der Waals surface area contributed by atoms with E-state index in [0.717, 1.165) is 0 Å². The van der Waals surface area contributed by atoms with Gasteiger partial charge in [-0.1, -0.05) is 17.7 Å². The summed E-state index contributed by atoms with van der Waals surface area (Å²) in [5, 5.41) is 0.176. The van der Waals surface area contributed by atoms with Crippen molar-refractivity contribution in [3.63, 3.8) is 0 Å². The summed E-state index contributed by atoms with van der Waals surface area (Å²) in [5.41, 5.74) is 5.81. The molecule has 86 valence electrons. The lowest BCUT2D eigenvalue weighted by Gasteiger charge is -2.07. The van der Waals surface area contributed by atoms with Crippen molar-refractivity contribution in [2.24, 2.45) is 0 Å². The van der Waals surface area contributed by atoms with Gasteiger partial charge in [-0.15, -0.1) is 0 Å². The molecule has 0 aliphatic carbocycles. The first-order valence-electron chi connectivity index (χ1n) is 4.34. The number of ether oxygens (including phenoxy) is 2. The molecule has 0 saturated heterocycles. The minimum Gasteiger partial charge on any atom is -0.466 e. The van der Waals surface area contributed by atoms with Crippen LogP contribution in [0.25, 0.3) is 0 Å². The number of rotatable bonds is 3. The number of carbonyl (C=O) groups is 2. The number of esters is 2. The van der Waals surface area contributed by atoms with E-state index in [0.29, 0.717) is 0 Å². The Morgan fingerprint density at radius 2 is 2.12 bits per heavy atom. The van der Waals surface area contributed by atoms with E-state index in [2.05, 4.69) is 9.47 Å². The molecule has 1 rings (SSSR count). The van der Waals surface area contributed by atoms with Crippen LogP contribution in [0.4, 0.5) is 5.69 Å². The van der Waals surface area contributed by atoms with E-state index in [1.165, 1.54) is 19.2 Å². The normalized spacial score (nSPS) is 9.62. The number of anilines is 1. The minimum atomic E-state index is -0.756. The highest BCUT2D eigenvalue weighted by Crippen LogP contribution is 2.22. The zero-order valence-electron chi connectivity index (χ0n) is 8.53. The van der Waals surface area contributed by atoms with E-state index in [-0.39, 0.29) is 16.3 Å². The maximum Gasteiger partial charge on any atom is 0.344 e. The first-order chi connectivity index (χ1) is 7.56. The molecule has 0 aliphatic heterocycles. The first-order valence-corrected chi connectivity index (χ1v) is 4.72. The van der Waals surface area contributed by atoms with Gasteiger partial charge in [0.1, 0.15) is 5.56 Å². The van der Waals surface area contributed by atoms with E-state index in [1.807, 2.05) is 0 Å². The molecule has 0 spiro atoms. The average molecular weight is 244 g/mol. The number of carbonyl (C=O) groups excluding carboxylic acids is 2. The quantitative estimate of drug-likeness (QED) is 0.639. The summed E-state index contributed by atoms with van der Waals surface area (Å²) in [6.07, 6.45) is 0. The maximum absolute atomic E-state index is 11.5. The fraction of sp³-hybridized carbons (Fsp3) is 0.200. The number of hydrogen-bond acceptors (Lipinski definition) is 5. The van der Waals surface area contributed by atoms with E-state index in [9.17, 15) is 9.59 Å². The molecule has 0 radical (unpaired) electrons. The number of methoxy groups -OCH3 is 1. The van der Waals surface area contributed by atoms with Gasteiger partial charge in [-0.2, -0.15) is 0 Å². The highest BCUT2D eigenvalue weighted by molar-refractivity contribution is 6.34. The number of halogens is 1. The molecular weight excluding hydrogens is 234 g/mol. The Morgan fingerprint density at radius 1 is 1.44 bits per heavy atom. The zero-order chi connectivity index (χ0) is 12.1. The smallest absolute Gasteiger partial charge is 0.344 e. The van der Waals surface area contributed by atoms with Crippen LogP contribution in [0.3, 0.4) is 0 Å². The van der Waals surface area contributed by atoms with E-state index < -0.39 is 18.5 Å². The second-order valence-corrected chi connectivity index (χ2v) is 3.26. The standard InChI is InChI=1S/C10H10ClNO4/c1-15-8(13)5-16-10(14)9-6(11)3-2-4-7(9)12/h2-4H,5,12H2,1H3. The summed E-state index contributed by atoms with van der Waals surface area (Å²) in [4.78, 5) is 22.3. The van der Waals surface area contributed by atoms with Gasteiger partial charge < -0.3 is 15.2 Å². The molecule has 0 unspecified atom stereocenters. The van der Waals surface area contributed by atoms with Gasteiger partial charge in [0.25, 0.3) is 0 Å². The molecule has 16 heavy (non-hydrogen) atoms. The SMILES string of the molecule is COC(=O)COC(=O)c1c(N)cccc1Cl. The third-order valence-corrected chi connectivity index (χ3v) is 2.11. The third kappa shape index (κ3) is 2.87. The predicted molar refractivity (Wildman–Crippen MR) is 58.2 cm³/mol. The maximum atomic E-state index is 11.5. The van der Waals surface area contributed by atoms with Crippen LogP contribution in [0.1, 0.15) is 10.4 Å². The second-order valence-electron chi connectivity index (χ2n) is 2.86. The molecule has 1 aromatic carbocycles. The molecule has 0 atom stereocenters. The van der Waals surface area contributed by atoms with Gasteiger partial charge in [0.05, 0.1) is 12.1 Å². The van der Waals surface area contributed by atoms with Crippen molar-refractivity contribution < 1.29 is 19.1 Å². The Balaban J connectivity index is 2.77. The molecule has 0 amide bonds. The molecular formula is C10H10ClNO4. The van der Waals surface area contributed by atoms with Crippen molar-refractivity contribution in [1.29, 1.82) is 0 Å². The van der Waals surface area contributed by atoms with Crippen LogP contribution < -0.4 is 5.73 Å². The third-order valence-electron chi connectivity index (χ3n) is 1.80. The zero-order valence-corrected chi connectivity index (χ0v) is 9.28. The second kappa shape index (κ2) is 5.37. The fourth-order valence-corrected chi connectivity index (χ4v) is 1.27. The first kappa shape index (κ1) is 12.3. The lowest BCUT2D eigenvalue weighted by Crippen LogP contribution is -2.16. The lowest BCUT2D eigenvalue weighted by molar-refractivity contribution is -0.144. The molecule has 0 saturated carbocycles. The summed E-state index contributed by atoms with van der Waals surface area (Å²) >= 11 is 5.78. The molecule has 1 aromatic rings. The van der Waals surface area contributed by atoms with Crippen molar-refractivity contribution in [2.75, 3.05) is 19.5 Å². The molecule has 6 heteroatoms. The largest absolute Gasteiger partial charge is 0.466 e. The van der Waals surface area contributed by atoms with Crippen LogP contribution in [0.5, 0.6) is 0 Å². The number of nitrogen functional groups attached to an aromatic ring is 1. The van der Waals surface area contributed by atoms with Crippen LogP contribution >= 0.6 is 11.6 Å². The van der Waals surface area contributed by atoms with Gasteiger partial charge in [-0.05, 0) is 12.1 Å². The van der Waals surface area contributed by atoms with Crippen LogP contribution in [-0.2, 0) is 14.3 Å². The molecule has 0 aromatic heterocycles. The van der Waals surface area contributed by atoms with E-state index in [4.69, 9.17) is 17.3 Å². The topological polar surface area (TPSA) is 78.6 Å². The molecule has 0 fully saturated rings. The van der Waals surface area contributed by atoms with Gasteiger partial charge in [0.15, 0.2) is 6.61 Å². The van der Waals surface area contributed by atoms with Gasteiger partial charge >= 0.3 is 11.9 Å². The average Bonchev–Trinajstić information content (AvgIpc) is 2.25. The Hall–Kier alpha value is -1.75. The Morgan fingerprint density at radius 3 is 2.69 bits per heavy atom. The summed E-state index contributed by atoms with van der Waals surface area (Å²) in [7, 11) is 1.19. The predicted octanol–water partition coefficient (Wildman–Crippen LogP) is 1.25. The van der Waals surface area contributed by atoms with E-state index in [1.54, 1.807) is 6.07 Å². The monoisotopic (exact) mass is 243 g/mol. The van der Waals surface area contributed by atoms with Gasteiger partial charge in [0, 0.05) is 5.69 Å². The van der Waals surface area contributed by atoms with Crippen LogP contribution in [0, 0.1) is 0 Å². The Bertz CT molecular complexity index is 399.